The van der Waals surface area contributed by atoms with Crippen molar-refractivity contribution in [3.8, 4) is 0 Å². The fraction of sp³-hybridized carbons (Fsp3) is 0.920. The monoisotopic (exact) mass is 1000 g/mol. The molecule has 5 N–H and O–H groups in total. The topological polar surface area (TPSA) is 224 Å². The third-order valence-electron chi connectivity index (χ3n) is 12.5. The van der Waals surface area contributed by atoms with Gasteiger partial charge in [-0.05, 0) is 25.7 Å². The van der Waals surface area contributed by atoms with Crippen LogP contribution in [0.4, 0.5) is 8.78 Å². The van der Waals surface area contributed by atoms with Crippen molar-refractivity contribution >= 4 is 31.6 Å². The summed E-state index contributed by atoms with van der Waals surface area (Å²) in [6.45, 7) is 4.36. The quantitative estimate of drug-likeness (QED) is 0.0217. The zero-order chi connectivity index (χ0) is 50.5. The van der Waals surface area contributed by atoms with Gasteiger partial charge in [0.25, 0.3) is 5.91 Å². The van der Waals surface area contributed by atoms with E-state index >= 15 is 8.78 Å². The highest BCUT2D eigenvalue weighted by Crippen LogP contribution is 2.42. The van der Waals surface area contributed by atoms with Gasteiger partial charge in [0.05, 0.1) is 13.0 Å². The number of nitrogens with one attached hydrogen (secondary N) is 1. The van der Waals surface area contributed by atoms with Crippen molar-refractivity contribution in [1.82, 2.24) is 5.32 Å². The molecule has 1 fully saturated rings. The summed E-state index contributed by atoms with van der Waals surface area (Å²) in [6, 6.07) is -2.01. The lowest BCUT2D eigenvalue weighted by atomic mass is 9.95. The smallest absolute Gasteiger partial charge is 0.470 e. The minimum Gasteiger partial charge on any atom is -0.480 e. The molecule has 1 aliphatic rings. The van der Waals surface area contributed by atoms with E-state index in [1.165, 1.54) is 57.8 Å². The Bertz CT molecular complexity index is 1370. The highest BCUT2D eigenvalue weighted by atomic mass is 31.2. The average molecular weight is 1000 g/mol. The minimum atomic E-state index is -5.50. The van der Waals surface area contributed by atoms with Crippen LogP contribution >= 0.6 is 7.82 Å². The van der Waals surface area contributed by atoms with Gasteiger partial charge in [0.15, 0.2) is 12.4 Å². The maximum absolute atomic E-state index is 15.5. The van der Waals surface area contributed by atoms with Crippen LogP contribution in [-0.4, -0.2) is 99.7 Å². The third kappa shape index (κ3) is 31.9. The fourth-order valence-electron chi connectivity index (χ4n) is 8.58. The molecule has 1 amide bonds. The van der Waals surface area contributed by atoms with Gasteiger partial charge in [-0.15, -0.1) is 0 Å². The van der Waals surface area contributed by atoms with Crippen molar-refractivity contribution in [2.24, 2.45) is 0 Å². The normalized spacial score (nSPS) is 19.1. The summed E-state index contributed by atoms with van der Waals surface area (Å²) in [6.07, 6.45) is 20.0. The molecule has 68 heavy (non-hydrogen) atoms. The van der Waals surface area contributed by atoms with Gasteiger partial charge in [-0.2, -0.15) is 8.78 Å². The molecule has 6 atom stereocenters. The van der Waals surface area contributed by atoms with Gasteiger partial charge in [-0.3, -0.25) is 18.9 Å². The van der Waals surface area contributed by atoms with Crippen LogP contribution in [0.25, 0.3) is 0 Å². The third-order valence-corrected chi connectivity index (χ3v) is 13.0. The number of hydrogen-bond donors (Lipinski definition) is 5. The first-order chi connectivity index (χ1) is 32.6. The van der Waals surface area contributed by atoms with Crippen LogP contribution in [0.3, 0.4) is 0 Å². The van der Waals surface area contributed by atoms with Crippen LogP contribution in [0.15, 0.2) is 0 Å². The van der Waals surface area contributed by atoms with Crippen LogP contribution in [0.5, 0.6) is 0 Å². The number of carboxylic acid groups (broad SMARTS) is 1. The molecular formula is C50H92F2NO14P. The number of unbranched alkanes of at least 4 members (excludes halogenated alkanes) is 27. The van der Waals surface area contributed by atoms with Crippen LogP contribution in [-0.2, 0) is 47.2 Å². The van der Waals surface area contributed by atoms with Crippen molar-refractivity contribution in [3.05, 3.63) is 0 Å². The molecule has 0 bridgehead atoms. The van der Waals surface area contributed by atoms with Gasteiger partial charge in [0, 0.05) is 12.8 Å². The number of rotatable bonds is 45. The Kier molecular flexibility index (Phi) is 36.9. The second-order valence-electron chi connectivity index (χ2n) is 18.8. The van der Waals surface area contributed by atoms with E-state index in [9.17, 15) is 43.7 Å². The number of phosphoric acid groups is 1. The second-order valence-corrected chi connectivity index (χ2v) is 20.0. The highest BCUT2D eigenvalue weighted by molar-refractivity contribution is 7.46. The Morgan fingerprint density at radius 1 is 0.647 bits per heavy atom. The standard InChI is InChI=1S/C50H92F2NO14P/c1-4-7-10-13-16-19-21-23-26-29-32-35-43(57)64-40(34-31-28-25-22-18-15-12-9-6-3)37-44(58)66-47-45(48(63-39-42(55)56)65-41(38-54)46(47)67-68(60,61)62)53-49(59)50(51,52)36-33-30-27-24-20-17-14-11-8-5-2/h40-41,45-48,54H,4-39H2,1-3H3,(H,53,59)(H,55,56)(H2,60,61,62)/t40-,41-,45-,46-,47-,48+/m1/s1. The average Bonchev–Trinajstić information content (AvgIpc) is 3.28. The first kappa shape index (κ1) is 63.7. The number of amides is 1. The van der Waals surface area contributed by atoms with E-state index in [1.807, 2.05) is 5.32 Å². The molecule has 1 aliphatic heterocycles. The lowest BCUT2D eigenvalue weighted by Gasteiger charge is -2.45. The first-order valence-electron chi connectivity index (χ1n) is 26.5. The van der Waals surface area contributed by atoms with Crippen molar-refractivity contribution < 1.29 is 76.0 Å². The van der Waals surface area contributed by atoms with Crippen molar-refractivity contribution in [2.75, 3.05) is 13.2 Å². The Morgan fingerprint density at radius 2 is 1.09 bits per heavy atom. The number of halogens is 2. The lowest BCUT2D eigenvalue weighted by molar-refractivity contribution is -0.271. The molecule has 0 aromatic rings. The van der Waals surface area contributed by atoms with Gasteiger partial charge >= 0.3 is 31.7 Å². The number of carboxylic acids is 1. The molecule has 1 heterocycles. The number of alkyl halides is 2. The van der Waals surface area contributed by atoms with Gasteiger partial charge < -0.3 is 44.3 Å². The van der Waals surface area contributed by atoms with Gasteiger partial charge in [-0.1, -0.05) is 194 Å². The number of ether oxygens (including phenoxy) is 4. The van der Waals surface area contributed by atoms with Crippen LogP contribution < -0.4 is 5.32 Å². The number of aliphatic carboxylic acids is 1. The molecule has 0 unspecified atom stereocenters. The highest BCUT2D eigenvalue weighted by Gasteiger charge is 2.54. The van der Waals surface area contributed by atoms with Crippen molar-refractivity contribution in [3.63, 3.8) is 0 Å². The summed E-state index contributed by atoms with van der Waals surface area (Å²) in [5.41, 5.74) is 0. The Hall–Kier alpha value is -2.27. The second kappa shape index (κ2) is 39.4. The van der Waals surface area contributed by atoms with Gasteiger partial charge in [0.2, 0.25) is 0 Å². The number of esters is 2. The Balaban J connectivity index is 3.20. The van der Waals surface area contributed by atoms with Crippen molar-refractivity contribution in [2.45, 2.75) is 282 Å². The van der Waals surface area contributed by atoms with Crippen molar-refractivity contribution in [1.29, 1.82) is 0 Å². The summed E-state index contributed by atoms with van der Waals surface area (Å²) in [7, 11) is -5.50. The molecule has 0 aliphatic carbocycles. The number of carbonyl (C=O) groups is 4. The zero-order valence-electron chi connectivity index (χ0n) is 42.0. The fourth-order valence-corrected chi connectivity index (χ4v) is 9.15. The summed E-state index contributed by atoms with van der Waals surface area (Å²) in [5, 5.41) is 21.6. The molecule has 0 saturated carbocycles. The summed E-state index contributed by atoms with van der Waals surface area (Å²) in [4.78, 5) is 71.7. The van der Waals surface area contributed by atoms with E-state index in [4.69, 9.17) is 23.5 Å². The maximum Gasteiger partial charge on any atom is 0.470 e. The van der Waals surface area contributed by atoms with Crippen LogP contribution in [0, 0.1) is 0 Å². The molecule has 1 rings (SSSR count). The number of hydrogen-bond acceptors (Lipinski definition) is 11. The number of phosphoric ester groups is 1. The first-order valence-corrected chi connectivity index (χ1v) is 28.0. The molecule has 15 nitrogen and oxygen atoms in total. The number of aliphatic hydroxyl groups is 1. The molecule has 0 spiro atoms. The van der Waals surface area contributed by atoms with Gasteiger partial charge in [-0.25, -0.2) is 9.36 Å². The molecule has 0 aromatic heterocycles. The number of aliphatic hydroxyl groups excluding tert-OH is 1. The Morgan fingerprint density at radius 3 is 1.53 bits per heavy atom. The predicted octanol–water partition coefficient (Wildman–Crippen LogP) is 11.5. The lowest BCUT2D eigenvalue weighted by Crippen LogP contribution is -2.67. The van der Waals surface area contributed by atoms with Crippen LogP contribution in [0.2, 0.25) is 0 Å². The molecule has 0 aromatic carbocycles. The molecule has 400 valence electrons. The summed E-state index contributed by atoms with van der Waals surface area (Å²) < 4.78 is 70.6. The van der Waals surface area contributed by atoms with Gasteiger partial charge in [0.1, 0.15) is 31.0 Å². The van der Waals surface area contributed by atoms with E-state index in [0.717, 1.165) is 103 Å². The molecular weight excluding hydrogens is 908 g/mol. The minimum absolute atomic E-state index is 0.00360. The van der Waals surface area contributed by atoms with E-state index in [1.54, 1.807) is 0 Å². The van der Waals surface area contributed by atoms with E-state index in [-0.39, 0.29) is 19.3 Å². The largest absolute Gasteiger partial charge is 0.480 e. The SMILES string of the molecule is CCCCCCCCCCCCCC(=O)O[C@H](CCCCCCCCCCC)CC(=O)O[C@@H]1[C@@H](NC(=O)C(F)(F)CCCCCCCCCCCC)[C@@H](OCC(=O)O)O[C@H](CO)[C@H]1OP(=O)(O)O. The summed E-state index contributed by atoms with van der Waals surface area (Å²) >= 11 is 0. The summed E-state index contributed by atoms with van der Waals surface area (Å²) in [5.74, 6) is -8.99. The van der Waals surface area contributed by atoms with E-state index in [2.05, 4.69) is 20.8 Å². The zero-order valence-corrected chi connectivity index (χ0v) is 42.9. The Labute approximate surface area is 406 Å². The van der Waals surface area contributed by atoms with E-state index < -0.39 is 100 Å². The number of carbonyl (C=O) groups excluding carboxylic acids is 3. The maximum atomic E-state index is 15.5. The molecule has 0 radical (unpaired) electrons. The van der Waals surface area contributed by atoms with E-state index in [0.29, 0.717) is 25.7 Å². The van der Waals surface area contributed by atoms with Crippen LogP contribution in [0.1, 0.15) is 239 Å². The predicted molar refractivity (Wildman–Crippen MR) is 257 cm³/mol. The molecule has 18 heteroatoms. The molecule has 1 saturated heterocycles.